The van der Waals surface area contributed by atoms with Gasteiger partial charge in [0.05, 0.1) is 23.7 Å². The Kier molecular flexibility index (Phi) is 3.44. The molecule has 0 aromatic carbocycles. The molecule has 0 amide bonds. The van der Waals surface area contributed by atoms with Gasteiger partial charge in [0.25, 0.3) is 0 Å². The fourth-order valence-electron chi connectivity index (χ4n) is 2.12. The van der Waals surface area contributed by atoms with Crippen molar-refractivity contribution < 1.29 is 4.74 Å². The van der Waals surface area contributed by atoms with E-state index >= 15 is 0 Å². The molecule has 0 bridgehead atoms. The van der Waals surface area contributed by atoms with Gasteiger partial charge in [0, 0.05) is 13.1 Å². The lowest BCUT2D eigenvalue weighted by Crippen LogP contribution is -2.33. The van der Waals surface area contributed by atoms with Crippen molar-refractivity contribution in [3.8, 4) is 5.88 Å². The molecule has 0 radical (unpaired) electrons. The minimum atomic E-state index is 0.312. The number of nitrogens with one attached hydrogen (secondary N) is 1. The maximum absolute atomic E-state index is 5.43. The van der Waals surface area contributed by atoms with E-state index in [9.17, 15) is 0 Å². The zero-order valence-electron chi connectivity index (χ0n) is 10.3. The smallest absolute Gasteiger partial charge is 0.217 e. The Hall–Kier alpha value is -0.680. The van der Waals surface area contributed by atoms with Crippen LogP contribution in [0, 0.1) is 6.92 Å². The molecule has 1 fully saturated rings. The molecule has 0 spiro atoms. The van der Waals surface area contributed by atoms with Gasteiger partial charge in [-0.15, -0.1) is 11.8 Å². The summed E-state index contributed by atoms with van der Waals surface area (Å²) in [4.78, 5) is 0. The summed E-state index contributed by atoms with van der Waals surface area (Å²) < 4.78 is 7.24. The summed E-state index contributed by atoms with van der Waals surface area (Å²) in [5, 5.41) is 8.32. The summed E-state index contributed by atoms with van der Waals surface area (Å²) >= 11 is 1.93. The molecule has 1 saturated heterocycles. The monoisotopic (exact) mass is 241 g/mol. The van der Waals surface area contributed by atoms with Crippen LogP contribution in [0.2, 0.25) is 0 Å². The summed E-state index contributed by atoms with van der Waals surface area (Å²) in [5.41, 5.74) is 2.25. The number of rotatable bonds is 2. The number of hydrogen-bond donors (Lipinski definition) is 1. The van der Waals surface area contributed by atoms with Crippen molar-refractivity contribution >= 4 is 11.8 Å². The highest BCUT2D eigenvalue weighted by molar-refractivity contribution is 7.99. The first-order chi connectivity index (χ1) is 7.63. The van der Waals surface area contributed by atoms with Crippen LogP contribution in [0.5, 0.6) is 5.88 Å². The van der Waals surface area contributed by atoms with E-state index in [0.29, 0.717) is 11.4 Å². The molecule has 2 rings (SSSR count). The second kappa shape index (κ2) is 4.67. The molecule has 16 heavy (non-hydrogen) atoms. The van der Waals surface area contributed by atoms with Crippen LogP contribution < -0.4 is 10.1 Å². The van der Waals surface area contributed by atoms with Crippen LogP contribution in [0.4, 0.5) is 0 Å². The van der Waals surface area contributed by atoms with Crippen molar-refractivity contribution in [1.29, 1.82) is 0 Å². The van der Waals surface area contributed by atoms with Gasteiger partial charge in [-0.05, 0) is 26.0 Å². The van der Waals surface area contributed by atoms with Gasteiger partial charge in [-0.1, -0.05) is 0 Å². The normalized spacial score (nSPS) is 25.8. The van der Waals surface area contributed by atoms with Gasteiger partial charge in [0.2, 0.25) is 5.88 Å². The van der Waals surface area contributed by atoms with E-state index in [2.05, 4.69) is 17.3 Å². The quantitative estimate of drug-likeness (QED) is 0.857. The second-order valence-corrected chi connectivity index (χ2v) is 5.45. The Morgan fingerprint density at radius 2 is 2.31 bits per heavy atom. The number of thioether (sulfide) groups is 1. The molecule has 2 unspecified atom stereocenters. The lowest BCUT2D eigenvalue weighted by molar-refractivity contribution is 0.365. The van der Waals surface area contributed by atoms with Gasteiger partial charge in [-0.25, -0.2) is 4.68 Å². The van der Waals surface area contributed by atoms with Gasteiger partial charge >= 0.3 is 0 Å². The highest BCUT2D eigenvalue weighted by Crippen LogP contribution is 2.38. The summed E-state index contributed by atoms with van der Waals surface area (Å²) in [6.07, 6.45) is 1.22. The Labute approximate surface area is 101 Å². The highest BCUT2D eigenvalue weighted by atomic mass is 32.2. The maximum Gasteiger partial charge on any atom is 0.217 e. The van der Waals surface area contributed by atoms with E-state index in [4.69, 9.17) is 4.74 Å². The molecule has 1 aromatic heterocycles. The highest BCUT2D eigenvalue weighted by Gasteiger charge is 2.27. The van der Waals surface area contributed by atoms with Crippen molar-refractivity contribution in [2.24, 2.45) is 7.05 Å². The van der Waals surface area contributed by atoms with Crippen molar-refractivity contribution in [1.82, 2.24) is 15.1 Å². The Morgan fingerprint density at radius 3 is 2.94 bits per heavy atom. The number of nitrogens with zero attached hydrogens (tertiary/aromatic N) is 2. The van der Waals surface area contributed by atoms with Gasteiger partial charge < -0.3 is 4.74 Å². The molecule has 4 nitrogen and oxygen atoms in total. The fourth-order valence-corrected chi connectivity index (χ4v) is 3.61. The summed E-state index contributed by atoms with van der Waals surface area (Å²) in [6.45, 7) is 4.27. The second-order valence-electron chi connectivity index (χ2n) is 4.24. The molecule has 5 heteroatoms. The van der Waals surface area contributed by atoms with E-state index in [1.165, 1.54) is 17.7 Å². The topological polar surface area (TPSA) is 39.1 Å². The third kappa shape index (κ3) is 2.06. The van der Waals surface area contributed by atoms with Crippen LogP contribution >= 0.6 is 11.8 Å². The molecule has 1 N–H and O–H groups in total. The number of hydrogen-bond acceptors (Lipinski definition) is 4. The third-order valence-electron chi connectivity index (χ3n) is 2.94. The van der Waals surface area contributed by atoms with E-state index in [0.717, 1.165) is 11.6 Å². The fraction of sp³-hybridized carbons (Fsp3) is 0.727. The molecular formula is C11H19N3OS. The predicted octanol–water partition coefficient (Wildman–Crippen LogP) is 1.85. The van der Waals surface area contributed by atoms with Crippen LogP contribution in [0.1, 0.15) is 30.0 Å². The van der Waals surface area contributed by atoms with Crippen molar-refractivity contribution in [2.75, 3.05) is 12.9 Å². The Bertz CT molecular complexity index is 378. The van der Waals surface area contributed by atoms with E-state index in [1.54, 1.807) is 7.11 Å². The van der Waals surface area contributed by atoms with Crippen LogP contribution in [0.3, 0.4) is 0 Å². The molecule has 0 aliphatic carbocycles. The molecule has 1 aliphatic rings. The van der Waals surface area contributed by atoms with Crippen molar-refractivity contribution in [3.05, 3.63) is 11.3 Å². The van der Waals surface area contributed by atoms with Gasteiger partial charge in [0.15, 0.2) is 0 Å². The first-order valence-corrected chi connectivity index (χ1v) is 6.63. The Morgan fingerprint density at radius 1 is 1.56 bits per heavy atom. The van der Waals surface area contributed by atoms with Gasteiger partial charge in [0.1, 0.15) is 0 Å². The van der Waals surface area contributed by atoms with E-state index in [-0.39, 0.29) is 0 Å². The van der Waals surface area contributed by atoms with Crippen molar-refractivity contribution in [2.45, 2.75) is 31.7 Å². The zero-order valence-corrected chi connectivity index (χ0v) is 11.1. The molecule has 90 valence electrons. The van der Waals surface area contributed by atoms with E-state index in [1.807, 2.05) is 30.4 Å². The average Bonchev–Trinajstić information content (AvgIpc) is 2.52. The standard InChI is InChI=1S/C11H19N3OS/c1-7-5-6-16-10(12-7)9-8(2)13-14(3)11(9)15-4/h7,10,12H,5-6H2,1-4H3. The Balaban J connectivity index is 2.31. The first-order valence-electron chi connectivity index (χ1n) is 5.58. The van der Waals surface area contributed by atoms with Gasteiger partial charge in [-0.3, -0.25) is 5.32 Å². The van der Waals surface area contributed by atoms with Crippen LogP contribution in [0.25, 0.3) is 0 Å². The molecule has 2 atom stereocenters. The average molecular weight is 241 g/mol. The molecule has 0 saturated carbocycles. The lowest BCUT2D eigenvalue weighted by atomic mass is 10.2. The number of aryl methyl sites for hydroxylation is 2. The molecule has 2 heterocycles. The SMILES string of the molecule is COc1c(C2NC(C)CCS2)c(C)nn1C. The number of methoxy groups -OCH3 is 1. The summed E-state index contributed by atoms with van der Waals surface area (Å²) in [5.74, 6) is 2.06. The van der Waals surface area contributed by atoms with Crippen molar-refractivity contribution in [3.63, 3.8) is 0 Å². The summed E-state index contributed by atoms with van der Waals surface area (Å²) in [6, 6.07) is 0.565. The number of ether oxygens (including phenoxy) is 1. The third-order valence-corrected chi connectivity index (χ3v) is 4.12. The predicted molar refractivity (Wildman–Crippen MR) is 66.9 cm³/mol. The number of aromatic nitrogens is 2. The zero-order chi connectivity index (χ0) is 11.7. The van der Waals surface area contributed by atoms with E-state index < -0.39 is 0 Å². The van der Waals surface area contributed by atoms with Gasteiger partial charge in [-0.2, -0.15) is 5.10 Å². The lowest BCUT2D eigenvalue weighted by Gasteiger charge is -2.28. The molecule has 1 aromatic rings. The minimum absolute atomic E-state index is 0.312. The summed E-state index contributed by atoms with van der Waals surface area (Å²) in [7, 11) is 3.63. The molecule has 1 aliphatic heterocycles. The van der Waals surface area contributed by atoms with Crippen LogP contribution in [-0.4, -0.2) is 28.7 Å². The first kappa shape index (κ1) is 11.8. The largest absolute Gasteiger partial charge is 0.481 e. The van der Waals surface area contributed by atoms with Crippen LogP contribution in [-0.2, 0) is 7.05 Å². The maximum atomic E-state index is 5.43. The minimum Gasteiger partial charge on any atom is -0.481 e. The molecular weight excluding hydrogens is 222 g/mol. The van der Waals surface area contributed by atoms with Crippen LogP contribution in [0.15, 0.2) is 0 Å².